The van der Waals surface area contributed by atoms with Crippen molar-refractivity contribution in [2.75, 3.05) is 7.11 Å². The monoisotopic (exact) mass is 290 g/mol. The molecule has 0 aliphatic rings. The van der Waals surface area contributed by atoms with Crippen LogP contribution >= 0.6 is 15.9 Å². The molecule has 0 aliphatic carbocycles. The van der Waals surface area contributed by atoms with Crippen LogP contribution in [0, 0.1) is 11.2 Å². The highest BCUT2D eigenvalue weighted by Crippen LogP contribution is 2.40. The number of aliphatic hydroxyl groups excluding tert-OH is 1. The van der Waals surface area contributed by atoms with Gasteiger partial charge in [-0.05, 0) is 17.5 Å². The first kappa shape index (κ1) is 13.5. The predicted octanol–water partition coefficient (Wildman–Crippen LogP) is 3.68. The summed E-state index contributed by atoms with van der Waals surface area (Å²) in [4.78, 5) is 0. The van der Waals surface area contributed by atoms with Gasteiger partial charge in [-0.3, -0.25) is 0 Å². The predicted molar refractivity (Wildman–Crippen MR) is 65.1 cm³/mol. The molecule has 0 saturated heterocycles. The van der Waals surface area contributed by atoms with Crippen molar-refractivity contribution in [1.82, 2.24) is 0 Å². The van der Waals surface area contributed by atoms with Crippen LogP contribution in [0.25, 0.3) is 0 Å². The standard InChI is InChI=1S/C12H16BrFO2/c1-12(2,3)11(15)9-7(13)5-6-8(16-4)10(9)14/h5-6,11,15H,1-4H3. The van der Waals surface area contributed by atoms with Crippen LogP contribution < -0.4 is 4.74 Å². The van der Waals surface area contributed by atoms with E-state index in [1.807, 2.05) is 20.8 Å². The maximum atomic E-state index is 14.0. The summed E-state index contributed by atoms with van der Waals surface area (Å²) in [5, 5.41) is 10.1. The molecule has 0 spiro atoms. The van der Waals surface area contributed by atoms with Gasteiger partial charge in [0.25, 0.3) is 0 Å². The third-order valence-electron chi connectivity index (χ3n) is 2.40. The Bertz CT molecular complexity index is 385. The molecule has 1 atom stereocenters. The topological polar surface area (TPSA) is 29.5 Å². The molecule has 0 amide bonds. The zero-order valence-corrected chi connectivity index (χ0v) is 11.4. The van der Waals surface area contributed by atoms with Gasteiger partial charge in [0.15, 0.2) is 11.6 Å². The number of aliphatic hydroxyl groups is 1. The Morgan fingerprint density at radius 1 is 1.38 bits per heavy atom. The number of methoxy groups -OCH3 is 1. The summed E-state index contributed by atoms with van der Waals surface area (Å²) in [6.07, 6.45) is -0.892. The van der Waals surface area contributed by atoms with Crippen molar-refractivity contribution < 1.29 is 14.2 Å². The summed E-state index contributed by atoms with van der Waals surface area (Å²) < 4.78 is 19.4. The minimum absolute atomic E-state index is 0.140. The van der Waals surface area contributed by atoms with Gasteiger partial charge >= 0.3 is 0 Å². The lowest BCUT2D eigenvalue weighted by Gasteiger charge is -2.27. The second-order valence-corrected chi connectivity index (χ2v) is 5.60. The first-order valence-corrected chi connectivity index (χ1v) is 5.78. The second-order valence-electron chi connectivity index (χ2n) is 4.75. The minimum atomic E-state index is -0.892. The van der Waals surface area contributed by atoms with Crippen LogP contribution in [0.3, 0.4) is 0 Å². The molecule has 0 bridgehead atoms. The molecule has 90 valence electrons. The van der Waals surface area contributed by atoms with E-state index in [0.717, 1.165) is 0 Å². The molecule has 1 unspecified atom stereocenters. The van der Waals surface area contributed by atoms with Crippen molar-refractivity contribution in [3.05, 3.63) is 28.0 Å². The fourth-order valence-corrected chi connectivity index (χ4v) is 1.91. The van der Waals surface area contributed by atoms with Crippen LogP contribution in [0.2, 0.25) is 0 Å². The van der Waals surface area contributed by atoms with Gasteiger partial charge in [0.05, 0.1) is 13.2 Å². The molecule has 0 heterocycles. The molecular formula is C12H16BrFO2. The largest absolute Gasteiger partial charge is 0.494 e. The van der Waals surface area contributed by atoms with Crippen LogP contribution in [0.5, 0.6) is 5.75 Å². The Morgan fingerprint density at radius 2 is 1.94 bits per heavy atom. The first-order chi connectivity index (χ1) is 7.29. The number of hydrogen-bond acceptors (Lipinski definition) is 2. The van der Waals surface area contributed by atoms with E-state index < -0.39 is 17.3 Å². The van der Waals surface area contributed by atoms with Gasteiger partial charge in [0.1, 0.15) is 0 Å². The molecule has 1 N–H and O–H groups in total. The highest BCUT2D eigenvalue weighted by molar-refractivity contribution is 9.10. The Morgan fingerprint density at radius 3 is 2.38 bits per heavy atom. The molecular weight excluding hydrogens is 275 g/mol. The van der Waals surface area contributed by atoms with Gasteiger partial charge in [0.2, 0.25) is 0 Å². The second kappa shape index (κ2) is 4.72. The highest BCUT2D eigenvalue weighted by Gasteiger charge is 2.29. The molecule has 0 saturated carbocycles. The zero-order valence-electron chi connectivity index (χ0n) is 9.84. The Balaban J connectivity index is 3.32. The summed E-state index contributed by atoms with van der Waals surface area (Å²) in [5.74, 6) is -0.374. The Kier molecular flexibility index (Phi) is 3.97. The molecule has 0 radical (unpaired) electrons. The summed E-state index contributed by atoms with van der Waals surface area (Å²) in [5.41, 5.74) is -0.192. The lowest BCUT2D eigenvalue weighted by molar-refractivity contribution is 0.0584. The molecule has 0 aromatic heterocycles. The number of ether oxygens (including phenoxy) is 1. The van der Waals surface area contributed by atoms with Crippen molar-refractivity contribution in [3.8, 4) is 5.75 Å². The third-order valence-corrected chi connectivity index (χ3v) is 3.10. The van der Waals surface area contributed by atoms with E-state index in [4.69, 9.17) is 4.74 Å². The minimum Gasteiger partial charge on any atom is -0.494 e. The van der Waals surface area contributed by atoms with Gasteiger partial charge in [0, 0.05) is 10.0 Å². The number of hydrogen-bond donors (Lipinski definition) is 1. The van der Waals surface area contributed by atoms with Crippen molar-refractivity contribution in [1.29, 1.82) is 0 Å². The van der Waals surface area contributed by atoms with Crippen molar-refractivity contribution >= 4 is 15.9 Å². The van der Waals surface area contributed by atoms with Gasteiger partial charge in [-0.25, -0.2) is 4.39 Å². The van der Waals surface area contributed by atoms with Gasteiger partial charge in [-0.15, -0.1) is 0 Å². The molecule has 1 aromatic carbocycles. The van der Waals surface area contributed by atoms with Gasteiger partial charge in [-0.2, -0.15) is 0 Å². The normalized spacial score (nSPS) is 13.7. The SMILES string of the molecule is COc1ccc(Br)c(C(O)C(C)(C)C)c1F. The van der Waals surface area contributed by atoms with Crippen molar-refractivity contribution in [3.63, 3.8) is 0 Å². The van der Waals surface area contributed by atoms with Gasteiger partial charge < -0.3 is 9.84 Å². The first-order valence-electron chi connectivity index (χ1n) is 4.99. The van der Waals surface area contributed by atoms with E-state index in [0.29, 0.717) is 4.47 Å². The van der Waals surface area contributed by atoms with Gasteiger partial charge in [-0.1, -0.05) is 36.7 Å². The maximum absolute atomic E-state index is 14.0. The molecule has 0 aliphatic heterocycles. The lowest BCUT2D eigenvalue weighted by atomic mass is 9.84. The molecule has 1 rings (SSSR count). The fourth-order valence-electron chi connectivity index (χ4n) is 1.39. The van der Waals surface area contributed by atoms with E-state index >= 15 is 0 Å². The van der Waals surface area contributed by atoms with Crippen LogP contribution in [-0.2, 0) is 0 Å². The Labute approximate surface area is 104 Å². The number of halogens is 2. The van der Waals surface area contributed by atoms with Crippen LogP contribution in [0.15, 0.2) is 16.6 Å². The van der Waals surface area contributed by atoms with E-state index in [1.54, 1.807) is 6.07 Å². The maximum Gasteiger partial charge on any atom is 0.171 e. The van der Waals surface area contributed by atoms with Crippen molar-refractivity contribution in [2.45, 2.75) is 26.9 Å². The van der Waals surface area contributed by atoms with Crippen LogP contribution in [-0.4, -0.2) is 12.2 Å². The van der Waals surface area contributed by atoms with Crippen molar-refractivity contribution in [2.24, 2.45) is 5.41 Å². The van der Waals surface area contributed by atoms with Crippen LogP contribution in [0.1, 0.15) is 32.4 Å². The van der Waals surface area contributed by atoms with E-state index in [9.17, 15) is 9.50 Å². The molecule has 4 heteroatoms. The average molecular weight is 291 g/mol. The smallest absolute Gasteiger partial charge is 0.171 e. The highest BCUT2D eigenvalue weighted by atomic mass is 79.9. The fraction of sp³-hybridized carbons (Fsp3) is 0.500. The quantitative estimate of drug-likeness (QED) is 0.900. The van der Waals surface area contributed by atoms with E-state index in [-0.39, 0.29) is 11.3 Å². The molecule has 2 nitrogen and oxygen atoms in total. The van der Waals surface area contributed by atoms with E-state index in [1.165, 1.54) is 13.2 Å². The zero-order chi connectivity index (χ0) is 12.5. The van der Waals surface area contributed by atoms with Crippen LogP contribution in [0.4, 0.5) is 4.39 Å². The summed E-state index contributed by atoms with van der Waals surface area (Å²) >= 11 is 3.25. The molecule has 16 heavy (non-hydrogen) atoms. The average Bonchev–Trinajstić information content (AvgIpc) is 2.16. The summed E-state index contributed by atoms with van der Waals surface area (Å²) in [6.45, 7) is 5.55. The third kappa shape index (κ3) is 2.55. The summed E-state index contributed by atoms with van der Waals surface area (Å²) in [6, 6.07) is 3.20. The molecule has 1 aromatic rings. The number of benzene rings is 1. The Hall–Kier alpha value is -0.610. The lowest BCUT2D eigenvalue weighted by Crippen LogP contribution is -2.19. The summed E-state index contributed by atoms with van der Waals surface area (Å²) in [7, 11) is 1.40. The number of rotatable bonds is 2. The molecule has 0 fully saturated rings. The van der Waals surface area contributed by atoms with E-state index in [2.05, 4.69) is 15.9 Å².